The molecule has 112 valence electrons. The third-order valence-electron chi connectivity index (χ3n) is 4.37. The molecule has 0 radical (unpaired) electrons. The number of alkyl halides is 1. The van der Waals surface area contributed by atoms with E-state index >= 15 is 0 Å². The van der Waals surface area contributed by atoms with Crippen LogP contribution in [-0.2, 0) is 0 Å². The van der Waals surface area contributed by atoms with E-state index in [0.717, 1.165) is 11.7 Å². The minimum atomic E-state index is -0.913. The molecule has 1 unspecified atom stereocenters. The zero-order chi connectivity index (χ0) is 14.4. The summed E-state index contributed by atoms with van der Waals surface area (Å²) in [6.07, 6.45) is 7.16. The Balaban J connectivity index is 1.84. The molecule has 1 fully saturated rings. The van der Waals surface area contributed by atoms with E-state index in [-0.39, 0.29) is 6.61 Å². The third-order valence-corrected chi connectivity index (χ3v) is 4.37. The van der Waals surface area contributed by atoms with Crippen LogP contribution in [0.4, 0.5) is 4.39 Å². The predicted molar refractivity (Wildman–Crippen MR) is 82.1 cm³/mol. The molecule has 0 aliphatic heterocycles. The Labute approximate surface area is 122 Å². The van der Waals surface area contributed by atoms with Crippen LogP contribution in [-0.4, -0.2) is 12.8 Å². The monoisotopic (exact) mass is 278 g/mol. The minimum Gasteiger partial charge on any atom is -0.491 e. The zero-order valence-corrected chi connectivity index (χ0v) is 12.8. The number of benzene rings is 1. The number of hydrogen-bond acceptors (Lipinski definition) is 1. The van der Waals surface area contributed by atoms with Crippen molar-refractivity contribution >= 4 is 0 Å². The molecule has 1 saturated carbocycles. The van der Waals surface area contributed by atoms with Crippen molar-refractivity contribution in [3.05, 3.63) is 29.8 Å². The summed E-state index contributed by atoms with van der Waals surface area (Å²) in [5.41, 5.74) is 1.42. The Kier molecular flexibility index (Phi) is 5.87. The summed E-state index contributed by atoms with van der Waals surface area (Å²) in [5.74, 6) is 2.43. The summed E-state index contributed by atoms with van der Waals surface area (Å²) in [4.78, 5) is 0. The lowest BCUT2D eigenvalue weighted by Crippen LogP contribution is -2.13. The van der Waals surface area contributed by atoms with E-state index in [9.17, 15) is 4.39 Å². The lowest BCUT2D eigenvalue weighted by Gasteiger charge is -2.28. The second-order valence-electron chi connectivity index (χ2n) is 6.17. The van der Waals surface area contributed by atoms with Gasteiger partial charge < -0.3 is 4.74 Å². The van der Waals surface area contributed by atoms with Crippen LogP contribution in [0.1, 0.15) is 63.9 Å². The van der Waals surface area contributed by atoms with Crippen molar-refractivity contribution in [1.29, 1.82) is 0 Å². The Morgan fingerprint density at radius 2 is 1.80 bits per heavy atom. The van der Waals surface area contributed by atoms with Crippen molar-refractivity contribution in [2.75, 3.05) is 6.61 Å². The third kappa shape index (κ3) is 4.50. The van der Waals surface area contributed by atoms with Gasteiger partial charge >= 0.3 is 0 Å². The maximum atomic E-state index is 12.7. The molecular weight excluding hydrogens is 251 g/mol. The molecule has 0 amide bonds. The molecule has 2 heteroatoms. The van der Waals surface area contributed by atoms with Gasteiger partial charge in [-0.3, -0.25) is 0 Å². The summed E-state index contributed by atoms with van der Waals surface area (Å²) in [5, 5.41) is 0. The van der Waals surface area contributed by atoms with Crippen molar-refractivity contribution in [2.45, 2.75) is 64.5 Å². The summed E-state index contributed by atoms with van der Waals surface area (Å²) in [7, 11) is 0. The topological polar surface area (TPSA) is 9.23 Å². The smallest absolute Gasteiger partial charge is 0.131 e. The molecule has 0 N–H and O–H groups in total. The van der Waals surface area contributed by atoms with Crippen LogP contribution in [0.15, 0.2) is 24.3 Å². The van der Waals surface area contributed by atoms with Gasteiger partial charge in [-0.1, -0.05) is 31.9 Å². The van der Waals surface area contributed by atoms with E-state index in [0.29, 0.717) is 5.92 Å². The van der Waals surface area contributed by atoms with Gasteiger partial charge in [0.2, 0.25) is 0 Å². The molecule has 1 nitrogen and oxygen atoms in total. The first kappa shape index (κ1) is 15.3. The van der Waals surface area contributed by atoms with Gasteiger partial charge in [0.15, 0.2) is 0 Å². The fourth-order valence-electron chi connectivity index (χ4n) is 3.24. The molecule has 1 aliphatic carbocycles. The van der Waals surface area contributed by atoms with Gasteiger partial charge in [-0.2, -0.15) is 0 Å². The van der Waals surface area contributed by atoms with Crippen LogP contribution in [0.25, 0.3) is 0 Å². The molecule has 1 aromatic carbocycles. The van der Waals surface area contributed by atoms with Crippen LogP contribution in [0.3, 0.4) is 0 Å². The van der Waals surface area contributed by atoms with Gasteiger partial charge in [0, 0.05) is 0 Å². The second-order valence-corrected chi connectivity index (χ2v) is 6.17. The quantitative estimate of drug-likeness (QED) is 0.668. The first-order valence-electron chi connectivity index (χ1n) is 8.06. The lowest BCUT2D eigenvalue weighted by atomic mass is 9.77. The van der Waals surface area contributed by atoms with Crippen LogP contribution < -0.4 is 4.74 Å². The van der Waals surface area contributed by atoms with Gasteiger partial charge in [0.05, 0.1) is 0 Å². The first-order chi connectivity index (χ1) is 9.69. The average molecular weight is 278 g/mol. The van der Waals surface area contributed by atoms with Gasteiger partial charge in [0.25, 0.3) is 0 Å². The highest BCUT2D eigenvalue weighted by molar-refractivity contribution is 5.29. The lowest BCUT2D eigenvalue weighted by molar-refractivity contribution is 0.209. The molecule has 0 saturated heterocycles. The summed E-state index contributed by atoms with van der Waals surface area (Å²) < 4.78 is 18.1. The van der Waals surface area contributed by atoms with Crippen molar-refractivity contribution in [2.24, 2.45) is 5.92 Å². The minimum absolute atomic E-state index is 0.140. The van der Waals surface area contributed by atoms with E-state index in [4.69, 9.17) is 4.74 Å². The molecule has 1 aliphatic rings. The summed E-state index contributed by atoms with van der Waals surface area (Å²) >= 11 is 0. The molecule has 1 aromatic rings. The molecular formula is C18H27FO. The van der Waals surface area contributed by atoms with E-state index in [1.165, 1.54) is 51.0 Å². The van der Waals surface area contributed by atoms with E-state index in [2.05, 4.69) is 19.1 Å². The highest BCUT2D eigenvalue weighted by atomic mass is 19.1. The second kappa shape index (κ2) is 7.66. The highest BCUT2D eigenvalue weighted by Gasteiger charge is 2.21. The number of rotatable bonds is 6. The zero-order valence-electron chi connectivity index (χ0n) is 12.8. The number of hydrogen-bond donors (Lipinski definition) is 0. The van der Waals surface area contributed by atoms with Crippen molar-refractivity contribution in [3.8, 4) is 5.75 Å². The highest BCUT2D eigenvalue weighted by Crippen LogP contribution is 2.37. The normalized spacial score (nSPS) is 24.4. The molecule has 2 rings (SSSR count). The predicted octanol–water partition coefficient (Wildman–Crippen LogP) is 5.50. The standard InChI is InChI=1S/C18H27FO/c1-3-4-15-5-7-16(8-6-15)17-9-11-18(12-10-17)20-13-14(2)19/h9-12,14-16H,3-8,13H2,1-2H3/t14?,15-,16-. The van der Waals surface area contributed by atoms with Crippen LogP contribution >= 0.6 is 0 Å². The molecule has 0 spiro atoms. The maximum Gasteiger partial charge on any atom is 0.131 e. The number of halogens is 1. The Morgan fingerprint density at radius 1 is 1.15 bits per heavy atom. The van der Waals surface area contributed by atoms with Crippen molar-refractivity contribution in [1.82, 2.24) is 0 Å². The van der Waals surface area contributed by atoms with Gasteiger partial charge in [-0.15, -0.1) is 0 Å². The maximum absolute atomic E-state index is 12.7. The summed E-state index contributed by atoms with van der Waals surface area (Å²) in [6, 6.07) is 8.28. The van der Waals surface area contributed by atoms with E-state index in [1.807, 2.05) is 12.1 Å². The Morgan fingerprint density at radius 3 is 2.35 bits per heavy atom. The SMILES string of the molecule is CCC[C@H]1CC[C@H](c2ccc(OCC(C)F)cc2)CC1. The molecule has 0 heterocycles. The van der Waals surface area contributed by atoms with Crippen molar-refractivity contribution in [3.63, 3.8) is 0 Å². The van der Waals surface area contributed by atoms with E-state index in [1.54, 1.807) is 0 Å². The Hall–Kier alpha value is -1.05. The van der Waals surface area contributed by atoms with Gasteiger partial charge in [-0.25, -0.2) is 4.39 Å². The first-order valence-corrected chi connectivity index (χ1v) is 8.06. The summed E-state index contributed by atoms with van der Waals surface area (Å²) in [6.45, 7) is 3.94. The molecule has 1 atom stereocenters. The fourth-order valence-corrected chi connectivity index (χ4v) is 3.24. The largest absolute Gasteiger partial charge is 0.491 e. The van der Waals surface area contributed by atoms with Gasteiger partial charge in [-0.05, 0) is 62.1 Å². The van der Waals surface area contributed by atoms with Crippen LogP contribution in [0.2, 0.25) is 0 Å². The van der Waals surface area contributed by atoms with Gasteiger partial charge in [0.1, 0.15) is 18.5 Å². The average Bonchev–Trinajstić information content (AvgIpc) is 2.47. The fraction of sp³-hybridized carbons (Fsp3) is 0.667. The molecule has 20 heavy (non-hydrogen) atoms. The van der Waals surface area contributed by atoms with Crippen LogP contribution in [0, 0.1) is 5.92 Å². The van der Waals surface area contributed by atoms with Crippen molar-refractivity contribution < 1.29 is 9.13 Å². The Bertz CT molecular complexity index is 377. The molecule has 0 aromatic heterocycles. The number of ether oxygens (including phenoxy) is 1. The van der Waals surface area contributed by atoms with E-state index < -0.39 is 6.17 Å². The van der Waals surface area contributed by atoms with Crippen LogP contribution in [0.5, 0.6) is 5.75 Å². The molecule has 0 bridgehead atoms.